The molecule has 0 aromatic heterocycles. The van der Waals surface area contributed by atoms with E-state index in [2.05, 4.69) is 20.6 Å². The first-order valence-corrected chi connectivity index (χ1v) is 9.98. The first-order valence-electron chi connectivity index (χ1n) is 9.98. The fourth-order valence-electron chi connectivity index (χ4n) is 2.99. The van der Waals surface area contributed by atoms with E-state index in [1.807, 2.05) is 0 Å². The molecule has 0 spiro atoms. The van der Waals surface area contributed by atoms with Crippen molar-refractivity contribution in [2.45, 2.75) is 26.3 Å². The van der Waals surface area contributed by atoms with E-state index in [4.69, 9.17) is 4.74 Å². The molecule has 2 N–H and O–H groups in total. The van der Waals surface area contributed by atoms with Gasteiger partial charge in [0.1, 0.15) is 12.2 Å². The van der Waals surface area contributed by atoms with Crippen molar-refractivity contribution in [3.63, 3.8) is 0 Å². The van der Waals surface area contributed by atoms with Crippen molar-refractivity contribution in [1.29, 1.82) is 0 Å². The molecule has 11 heteroatoms. The van der Waals surface area contributed by atoms with Gasteiger partial charge in [-0.2, -0.15) is 20.3 Å². The van der Waals surface area contributed by atoms with Crippen LogP contribution in [0.15, 0.2) is 63.9 Å². The number of para-hydroxylation sites is 2. The molecule has 1 aliphatic rings. The maximum Gasteiger partial charge on any atom is 0.337 e. The molecule has 1 aliphatic heterocycles. The number of carbonyl (C=O) groups is 4. The Kier molecular flexibility index (Phi) is 7.24. The summed E-state index contributed by atoms with van der Waals surface area (Å²) in [6.07, 6.45) is -0.630. The van der Waals surface area contributed by atoms with Gasteiger partial charge >= 0.3 is 5.97 Å². The number of amides is 3. The number of benzene rings is 2. The van der Waals surface area contributed by atoms with Crippen molar-refractivity contribution >= 4 is 40.8 Å². The van der Waals surface area contributed by atoms with Crippen molar-refractivity contribution in [2.75, 3.05) is 11.9 Å². The molecule has 0 saturated carbocycles. The average molecular weight is 451 g/mol. The number of nitrogens with one attached hydrogen (secondary N) is 1. The first kappa shape index (κ1) is 23.3. The number of imide groups is 1. The van der Waals surface area contributed by atoms with Crippen LogP contribution in [0.5, 0.6) is 5.75 Å². The van der Waals surface area contributed by atoms with Crippen molar-refractivity contribution < 1.29 is 29.0 Å². The van der Waals surface area contributed by atoms with Crippen molar-refractivity contribution in [1.82, 2.24) is 5.01 Å². The quantitative estimate of drug-likeness (QED) is 0.465. The Morgan fingerprint density at radius 3 is 2.58 bits per heavy atom. The van der Waals surface area contributed by atoms with Gasteiger partial charge in [0, 0.05) is 0 Å². The summed E-state index contributed by atoms with van der Waals surface area (Å²) in [4.78, 5) is 48.8. The Morgan fingerprint density at radius 2 is 1.85 bits per heavy atom. The Bertz CT molecular complexity index is 1160. The predicted octanol–water partition coefficient (Wildman–Crippen LogP) is 3.01. The Labute approximate surface area is 188 Å². The molecule has 0 fully saturated rings. The first-order chi connectivity index (χ1) is 15.8. The van der Waals surface area contributed by atoms with Crippen LogP contribution in [0.1, 0.15) is 30.6 Å². The number of hydrazone groups is 1. The number of hydrogen-bond acceptors (Lipinski definition) is 8. The van der Waals surface area contributed by atoms with Crippen LogP contribution in [0, 0.1) is 0 Å². The molecule has 2 aromatic rings. The molecule has 3 rings (SSSR count). The topological polar surface area (TPSA) is 150 Å². The molecule has 170 valence electrons. The summed E-state index contributed by atoms with van der Waals surface area (Å²) >= 11 is 0. The number of rotatable bonds is 8. The van der Waals surface area contributed by atoms with E-state index in [0.29, 0.717) is 23.1 Å². The van der Waals surface area contributed by atoms with Crippen LogP contribution < -0.4 is 10.1 Å². The van der Waals surface area contributed by atoms with Gasteiger partial charge in [0.2, 0.25) is 5.91 Å². The van der Waals surface area contributed by atoms with Gasteiger partial charge in [-0.15, -0.1) is 0 Å². The molecular weight excluding hydrogens is 430 g/mol. The lowest BCUT2D eigenvalue weighted by atomic mass is 10.2. The fraction of sp³-hybridized carbons (Fsp3) is 0.227. The number of nitrogens with zero attached hydrogens (tertiary/aromatic N) is 4. The highest BCUT2D eigenvalue weighted by Gasteiger charge is 2.38. The second kappa shape index (κ2) is 10.3. The summed E-state index contributed by atoms with van der Waals surface area (Å²) in [6.45, 7) is 3.68. The van der Waals surface area contributed by atoms with Crippen LogP contribution in [-0.4, -0.2) is 52.2 Å². The molecule has 1 heterocycles. The van der Waals surface area contributed by atoms with Crippen LogP contribution >= 0.6 is 0 Å². The van der Waals surface area contributed by atoms with Gasteiger partial charge in [0.15, 0.2) is 6.04 Å². The molecule has 33 heavy (non-hydrogen) atoms. The number of azo groups is 1. The van der Waals surface area contributed by atoms with E-state index in [-0.39, 0.29) is 17.0 Å². The van der Waals surface area contributed by atoms with E-state index >= 15 is 0 Å². The molecule has 0 aliphatic carbocycles. The molecular formula is C22H21N5O6. The van der Waals surface area contributed by atoms with Gasteiger partial charge in [-0.3, -0.25) is 14.4 Å². The van der Waals surface area contributed by atoms with Crippen molar-refractivity contribution in [2.24, 2.45) is 15.3 Å². The minimum absolute atomic E-state index is 0.0581. The number of anilines is 1. The van der Waals surface area contributed by atoms with Gasteiger partial charge in [0.25, 0.3) is 11.8 Å². The van der Waals surface area contributed by atoms with Gasteiger partial charge in [0.05, 0.1) is 29.3 Å². The molecule has 0 radical (unpaired) electrons. The molecule has 2 aromatic carbocycles. The average Bonchev–Trinajstić information content (AvgIpc) is 3.07. The summed E-state index contributed by atoms with van der Waals surface area (Å²) in [5, 5.41) is 24.0. The standard InChI is InChI=1S/C22H21N5O6/c1-3-33-17-11-7-6-10-16(17)23-18(28)12-19(29)27-21(30)20(13(2)26-27)25-24-15-9-5-4-8-14(15)22(31)32/h4-11,20H,3,12H2,1-2H3,(H,23,28)(H,31,32)/t20-/m1/s1. The molecule has 0 unspecified atom stereocenters. The smallest absolute Gasteiger partial charge is 0.337 e. The number of hydrogen-bond donors (Lipinski definition) is 2. The number of carboxylic acids is 1. The van der Waals surface area contributed by atoms with E-state index in [0.717, 1.165) is 0 Å². The van der Waals surface area contributed by atoms with Crippen molar-refractivity contribution in [3.8, 4) is 5.75 Å². The lowest BCUT2D eigenvalue weighted by Crippen LogP contribution is -2.36. The largest absolute Gasteiger partial charge is 0.492 e. The Hall–Kier alpha value is -4.41. The van der Waals surface area contributed by atoms with Gasteiger partial charge in [-0.1, -0.05) is 24.3 Å². The van der Waals surface area contributed by atoms with Gasteiger partial charge < -0.3 is 15.2 Å². The third kappa shape index (κ3) is 5.45. The van der Waals surface area contributed by atoms with Crippen LogP contribution in [-0.2, 0) is 14.4 Å². The minimum Gasteiger partial charge on any atom is -0.492 e. The lowest BCUT2D eigenvalue weighted by molar-refractivity contribution is -0.144. The SMILES string of the molecule is CCOc1ccccc1NC(=O)CC(=O)N1N=C(C)[C@@H](N=Nc2ccccc2C(=O)O)C1=O. The van der Waals surface area contributed by atoms with Crippen LogP contribution in [0.25, 0.3) is 0 Å². The van der Waals surface area contributed by atoms with E-state index < -0.39 is 36.2 Å². The van der Waals surface area contributed by atoms with Gasteiger partial charge in [-0.05, 0) is 38.1 Å². The summed E-state index contributed by atoms with van der Waals surface area (Å²) in [7, 11) is 0. The van der Waals surface area contributed by atoms with E-state index in [1.165, 1.54) is 25.1 Å². The van der Waals surface area contributed by atoms with Crippen LogP contribution in [0.3, 0.4) is 0 Å². The molecule has 0 bridgehead atoms. The van der Waals surface area contributed by atoms with Gasteiger partial charge in [-0.25, -0.2) is 4.79 Å². The molecule has 11 nitrogen and oxygen atoms in total. The lowest BCUT2D eigenvalue weighted by Gasteiger charge is -2.13. The fourth-order valence-corrected chi connectivity index (χ4v) is 2.99. The number of carbonyl (C=O) groups excluding carboxylic acids is 3. The van der Waals surface area contributed by atoms with Crippen LogP contribution in [0.2, 0.25) is 0 Å². The highest BCUT2D eigenvalue weighted by atomic mass is 16.5. The predicted molar refractivity (Wildman–Crippen MR) is 118 cm³/mol. The second-order valence-corrected chi connectivity index (χ2v) is 6.88. The van der Waals surface area contributed by atoms with Crippen LogP contribution in [0.4, 0.5) is 11.4 Å². The zero-order valence-corrected chi connectivity index (χ0v) is 17.9. The minimum atomic E-state index is -1.20. The summed E-state index contributed by atoms with van der Waals surface area (Å²) in [5.74, 6) is -3.00. The molecule has 3 amide bonds. The highest BCUT2D eigenvalue weighted by Crippen LogP contribution is 2.24. The van der Waals surface area contributed by atoms with E-state index in [9.17, 15) is 24.3 Å². The number of ether oxygens (including phenoxy) is 1. The molecule has 0 saturated heterocycles. The number of aromatic carboxylic acids is 1. The zero-order valence-electron chi connectivity index (χ0n) is 17.9. The number of carboxylic acid groups (broad SMARTS) is 1. The maximum absolute atomic E-state index is 12.6. The van der Waals surface area contributed by atoms with E-state index in [1.54, 1.807) is 37.3 Å². The third-order valence-corrected chi connectivity index (χ3v) is 4.52. The Morgan fingerprint density at radius 1 is 1.15 bits per heavy atom. The summed E-state index contributed by atoms with van der Waals surface area (Å²) in [6, 6.07) is 11.5. The maximum atomic E-state index is 12.6. The highest BCUT2D eigenvalue weighted by molar-refractivity contribution is 6.18. The third-order valence-electron chi connectivity index (χ3n) is 4.52. The Balaban J connectivity index is 1.67. The zero-order chi connectivity index (χ0) is 24.0. The normalized spacial score (nSPS) is 15.5. The monoisotopic (exact) mass is 451 g/mol. The summed E-state index contributed by atoms with van der Waals surface area (Å²) < 4.78 is 5.43. The second-order valence-electron chi connectivity index (χ2n) is 6.88. The molecule has 1 atom stereocenters. The van der Waals surface area contributed by atoms with Crippen molar-refractivity contribution in [3.05, 3.63) is 54.1 Å². The summed E-state index contributed by atoms with van der Waals surface area (Å²) in [5.41, 5.74) is 0.557.